The van der Waals surface area contributed by atoms with Crippen molar-refractivity contribution in [3.63, 3.8) is 0 Å². The zero-order valence-corrected chi connectivity index (χ0v) is 13.5. The van der Waals surface area contributed by atoms with Crippen LogP contribution < -0.4 is 4.80 Å². The number of ether oxygens (including phenoxy) is 1. The van der Waals surface area contributed by atoms with Gasteiger partial charge in [-0.2, -0.15) is 10.1 Å². The van der Waals surface area contributed by atoms with Gasteiger partial charge in [0, 0.05) is 26.9 Å². The van der Waals surface area contributed by atoms with Crippen LogP contribution in [-0.2, 0) is 18.3 Å². The van der Waals surface area contributed by atoms with Crippen LogP contribution in [-0.4, -0.2) is 34.0 Å². The molecule has 3 rings (SSSR count). The molecule has 0 unspecified atom stereocenters. The Hall–Kier alpha value is -2.32. The third kappa shape index (κ3) is 3.08. The van der Waals surface area contributed by atoms with Gasteiger partial charge in [-0.3, -0.25) is 9.48 Å². The minimum atomic E-state index is -0.455. The molecule has 8 heteroatoms. The fraction of sp³-hybridized carbons (Fsp3) is 0.267. The highest BCUT2D eigenvalue weighted by molar-refractivity contribution is 7.16. The van der Waals surface area contributed by atoms with E-state index in [1.54, 1.807) is 43.1 Å². The number of aromatic nitrogens is 3. The number of rotatable bonds is 4. The van der Waals surface area contributed by atoms with E-state index >= 15 is 0 Å². The standard InChI is InChI=1S/C15H15FN4O2S/c1-19-7-6-11(18-19)14(21)17-15-20(8-9-22-2)13-10(16)4-3-5-12(13)23-15/h3-7H,8-9H2,1-2H3. The first-order valence-corrected chi connectivity index (χ1v) is 7.77. The van der Waals surface area contributed by atoms with Gasteiger partial charge in [-0.15, -0.1) is 0 Å². The fourth-order valence-electron chi connectivity index (χ4n) is 2.24. The molecule has 1 aromatic carbocycles. The number of nitrogens with zero attached hydrogens (tertiary/aromatic N) is 4. The molecule has 0 fully saturated rings. The van der Waals surface area contributed by atoms with E-state index < -0.39 is 5.91 Å². The number of carbonyl (C=O) groups excluding carboxylic acids is 1. The minimum Gasteiger partial charge on any atom is -0.383 e. The molecule has 0 aliphatic rings. The Kier molecular flexibility index (Phi) is 4.35. The summed E-state index contributed by atoms with van der Waals surface area (Å²) in [7, 11) is 3.30. The van der Waals surface area contributed by atoms with Crippen molar-refractivity contribution in [2.24, 2.45) is 12.0 Å². The van der Waals surface area contributed by atoms with Crippen LogP contribution in [0.1, 0.15) is 10.5 Å². The molecule has 0 saturated carbocycles. The average Bonchev–Trinajstić information content (AvgIpc) is 3.10. The van der Waals surface area contributed by atoms with Crippen molar-refractivity contribution in [2.45, 2.75) is 6.54 Å². The van der Waals surface area contributed by atoms with Crippen molar-refractivity contribution >= 4 is 27.5 Å². The summed E-state index contributed by atoms with van der Waals surface area (Å²) in [6.07, 6.45) is 1.67. The van der Waals surface area contributed by atoms with Crippen molar-refractivity contribution < 1.29 is 13.9 Å². The Labute approximate surface area is 135 Å². The zero-order valence-electron chi connectivity index (χ0n) is 12.7. The highest BCUT2D eigenvalue weighted by Gasteiger charge is 2.13. The van der Waals surface area contributed by atoms with Crippen molar-refractivity contribution in [3.05, 3.63) is 46.8 Å². The van der Waals surface area contributed by atoms with Gasteiger partial charge in [-0.1, -0.05) is 17.4 Å². The molecular formula is C15H15FN4O2S. The van der Waals surface area contributed by atoms with E-state index in [4.69, 9.17) is 4.74 Å². The molecule has 3 aromatic rings. The summed E-state index contributed by atoms with van der Waals surface area (Å²) in [4.78, 5) is 16.8. The number of para-hydroxylation sites is 1. The van der Waals surface area contributed by atoms with Gasteiger partial charge < -0.3 is 9.30 Å². The zero-order chi connectivity index (χ0) is 16.4. The van der Waals surface area contributed by atoms with Gasteiger partial charge in [0.25, 0.3) is 5.91 Å². The van der Waals surface area contributed by atoms with Crippen molar-refractivity contribution in [1.82, 2.24) is 14.3 Å². The second-order valence-electron chi connectivity index (χ2n) is 4.91. The third-order valence-corrected chi connectivity index (χ3v) is 4.34. The number of fused-ring (bicyclic) bond motifs is 1. The molecule has 0 aliphatic carbocycles. The average molecular weight is 334 g/mol. The van der Waals surface area contributed by atoms with Gasteiger partial charge in [0.15, 0.2) is 10.5 Å². The van der Waals surface area contributed by atoms with Gasteiger partial charge in [-0.05, 0) is 18.2 Å². The maximum atomic E-state index is 14.2. The number of carbonyl (C=O) groups is 1. The fourth-order valence-corrected chi connectivity index (χ4v) is 3.30. The van der Waals surface area contributed by atoms with Crippen LogP contribution in [0.3, 0.4) is 0 Å². The largest absolute Gasteiger partial charge is 0.383 e. The van der Waals surface area contributed by atoms with E-state index in [-0.39, 0.29) is 11.5 Å². The lowest BCUT2D eigenvalue weighted by Crippen LogP contribution is -2.20. The summed E-state index contributed by atoms with van der Waals surface area (Å²) in [5.41, 5.74) is 0.686. The molecule has 0 bridgehead atoms. The molecule has 120 valence electrons. The van der Waals surface area contributed by atoms with Crippen LogP contribution in [0.25, 0.3) is 10.2 Å². The Bertz CT molecular complexity index is 925. The molecule has 0 atom stereocenters. The number of hydrogen-bond donors (Lipinski definition) is 0. The number of amides is 1. The number of benzene rings is 1. The molecule has 0 spiro atoms. The lowest BCUT2D eigenvalue weighted by molar-refractivity contribution is 0.0992. The summed E-state index contributed by atoms with van der Waals surface area (Å²) in [5.74, 6) is -0.801. The Balaban J connectivity index is 2.14. The minimum absolute atomic E-state index is 0.253. The quantitative estimate of drug-likeness (QED) is 0.733. The summed E-state index contributed by atoms with van der Waals surface area (Å²) in [6, 6.07) is 6.43. The number of hydrogen-bond acceptors (Lipinski definition) is 4. The van der Waals surface area contributed by atoms with Gasteiger partial charge in [0.05, 0.1) is 16.8 Å². The van der Waals surface area contributed by atoms with E-state index in [9.17, 15) is 9.18 Å². The molecule has 2 heterocycles. The lowest BCUT2D eigenvalue weighted by atomic mass is 10.3. The van der Waals surface area contributed by atoms with Gasteiger partial charge in [-0.25, -0.2) is 4.39 Å². The molecule has 0 aliphatic heterocycles. The van der Waals surface area contributed by atoms with Crippen LogP contribution in [0.15, 0.2) is 35.5 Å². The third-order valence-electron chi connectivity index (χ3n) is 3.30. The lowest BCUT2D eigenvalue weighted by Gasteiger charge is -2.04. The molecule has 0 N–H and O–H groups in total. The molecule has 6 nitrogen and oxygen atoms in total. The van der Waals surface area contributed by atoms with Crippen molar-refractivity contribution in [3.8, 4) is 0 Å². The highest BCUT2D eigenvalue weighted by atomic mass is 32.1. The van der Waals surface area contributed by atoms with Crippen LogP contribution in [0.4, 0.5) is 4.39 Å². The van der Waals surface area contributed by atoms with Crippen LogP contribution in [0.2, 0.25) is 0 Å². The number of halogens is 1. The predicted octanol–water partition coefficient (Wildman–Crippen LogP) is 1.96. The van der Waals surface area contributed by atoms with Crippen LogP contribution in [0, 0.1) is 5.82 Å². The second-order valence-corrected chi connectivity index (χ2v) is 5.92. The van der Waals surface area contributed by atoms with Crippen molar-refractivity contribution in [1.29, 1.82) is 0 Å². The van der Waals surface area contributed by atoms with E-state index in [0.29, 0.717) is 23.5 Å². The van der Waals surface area contributed by atoms with E-state index in [2.05, 4.69) is 10.1 Å². The van der Waals surface area contributed by atoms with E-state index in [1.165, 1.54) is 22.1 Å². The Morgan fingerprint density at radius 3 is 2.96 bits per heavy atom. The number of aryl methyl sites for hydroxylation is 1. The molecule has 2 aromatic heterocycles. The first kappa shape index (κ1) is 15.6. The Morgan fingerprint density at radius 2 is 2.26 bits per heavy atom. The summed E-state index contributed by atoms with van der Waals surface area (Å²) in [5, 5.41) is 4.04. The van der Waals surface area contributed by atoms with Gasteiger partial charge in [0.1, 0.15) is 5.82 Å². The van der Waals surface area contributed by atoms with E-state index in [1.807, 2.05) is 0 Å². The van der Waals surface area contributed by atoms with Crippen LogP contribution in [0.5, 0.6) is 0 Å². The van der Waals surface area contributed by atoms with E-state index in [0.717, 1.165) is 4.70 Å². The smallest absolute Gasteiger partial charge is 0.300 e. The summed E-state index contributed by atoms with van der Waals surface area (Å²) < 4.78 is 23.2. The normalized spacial score (nSPS) is 12.2. The van der Waals surface area contributed by atoms with Crippen LogP contribution >= 0.6 is 11.3 Å². The topological polar surface area (TPSA) is 61.4 Å². The molecule has 0 radical (unpaired) electrons. The first-order valence-electron chi connectivity index (χ1n) is 6.95. The molecule has 23 heavy (non-hydrogen) atoms. The highest BCUT2D eigenvalue weighted by Crippen LogP contribution is 2.20. The molecule has 1 amide bonds. The molecule has 0 saturated heterocycles. The summed E-state index contributed by atoms with van der Waals surface area (Å²) >= 11 is 1.26. The first-order chi connectivity index (χ1) is 11.1. The number of methoxy groups -OCH3 is 1. The Morgan fingerprint density at radius 1 is 1.43 bits per heavy atom. The van der Waals surface area contributed by atoms with Gasteiger partial charge in [0.2, 0.25) is 0 Å². The maximum absolute atomic E-state index is 14.2. The SMILES string of the molecule is COCCn1c(=NC(=O)c2ccn(C)n2)sc2cccc(F)c21. The predicted molar refractivity (Wildman–Crippen MR) is 84.8 cm³/mol. The molecular weight excluding hydrogens is 319 g/mol. The van der Waals surface area contributed by atoms with Gasteiger partial charge >= 0.3 is 0 Å². The maximum Gasteiger partial charge on any atom is 0.300 e. The number of thiazole rings is 1. The summed E-state index contributed by atoms with van der Waals surface area (Å²) in [6.45, 7) is 0.802. The monoisotopic (exact) mass is 334 g/mol. The second kappa shape index (κ2) is 6.43. The van der Waals surface area contributed by atoms with Crippen molar-refractivity contribution in [2.75, 3.05) is 13.7 Å².